The summed E-state index contributed by atoms with van der Waals surface area (Å²) in [6.45, 7) is 2.20. The molecule has 0 radical (unpaired) electrons. The van der Waals surface area contributed by atoms with Crippen molar-refractivity contribution in [2.75, 3.05) is 7.11 Å². The van der Waals surface area contributed by atoms with Gasteiger partial charge in [0, 0.05) is 10.2 Å². The molecule has 0 fully saturated rings. The minimum Gasteiger partial charge on any atom is -0.493 e. The van der Waals surface area contributed by atoms with E-state index in [1.54, 1.807) is 41.9 Å². The predicted molar refractivity (Wildman–Crippen MR) is 145 cm³/mol. The zero-order valence-electron chi connectivity index (χ0n) is 18.9. The largest absolute Gasteiger partial charge is 0.493 e. The van der Waals surface area contributed by atoms with E-state index in [0.717, 1.165) is 26.5 Å². The van der Waals surface area contributed by atoms with Crippen molar-refractivity contribution in [1.82, 2.24) is 14.9 Å². The lowest BCUT2D eigenvalue weighted by atomic mass is 10.2. The molecule has 4 rings (SSSR count). The maximum atomic E-state index is 6.09. The SMILES string of the molecule is COc1cc(/C=N/n2c(C)nnc2SCc2ccc(Br)cc2)ccc1OCc1ccc(Cl)c(Cl)c1. The van der Waals surface area contributed by atoms with Crippen molar-refractivity contribution < 1.29 is 9.47 Å². The highest BCUT2D eigenvalue weighted by molar-refractivity contribution is 9.10. The number of ether oxygens (including phenoxy) is 2. The van der Waals surface area contributed by atoms with E-state index in [0.29, 0.717) is 34.0 Å². The second-order valence-electron chi connectivity index (χ2n) is 7.45. The van der Waals surface area contributed by atoms with E-state index in [4.69, 9.17) is 32.7 Å². The van der Waals surface area contributed by atoms with Crippen LogP contribution in [0.1, 0.15) is 22.5 Å². The number of hydrogen-bond donors (Lipinski definition) is 0. The van der Waals surface area contributed by atoms with Gasteiger partial charge in [0.05, 0.1) is 23.4 Å². The third kappa shape index (κ3) is 6.79. The Hall–Kier alpha value is -2.52. The van der Waals surface area contributed by atoms with Crippen molar-refractivity contribution in [3.05, 3.63) is 97.7 Å². The van der Waals surface area contributed by atoms with E-state index in [2.05, 4.69) is 43.4 Å². The first-order valence-electron chi connectivity index (χ1n) is 10.5. The molecule has 0 N–H and O–H groups in total. The van der Waals surface area contributed by atoms with Crippen LogP contribution in [0, 0.1) is 6.92 Å². The number of hydrogen-bond acceptors (Lipinski definition) is 6. The Morgan fingerprint density at radius 1 is 0.971 bits per heavy atom. The van der Waals surface area contributed by atoms with Crippen molar-refractivity contribution in [3.63, 3.8) is 0 Å². The molecule has 0 spiro atoms. The Morgan fingerprint density at radius 3 is 2.49 bits per heavy atom. The Morgan fingerprint density at radius 2 is 1.74 bits per heavy atom. The maximum Gasteiger partial charge on any atom is 0.212 e. The van der Waals surface area contributed by atoms with Crippen LogP contribution in [0.5, 0.6) is 11.5 Å². The first kappa shape index (κ1) is 25.6. The second-order valence-corrected chi connectivity index (χ2v) is 10.1. The Kier molecular flexibility index (Phi) is 8.73. The van der Waals surface area contributed by atoms with Crippen molar-refractivity contribution in [2.24, 2.45) is 5.10 Å². The molecule has 35 heavy (non-hydrogen) atoms. The summed E-state index contributed by atoms with van der Waals surface area (Å²) in [4.78, 5) is 0. The van der Waals surface area contributed by atoms with Gasteiger partial charge in [-0.05, 0) is 66.1 Å². The highest BCUT2D eigenvalue weighted by Gasteiger charge is 2.10. The topological polar surface area (TPSA) is 61.5 Å². The Labute approximate surface area is 226 Å². The summed E-state index contributed by atoms with van der Waals surface area (Å²) in [6, 6.07) is 19.2. The van der Waals surface area contributed by atoms with Gasteiger partial charge >= 0.3 is 0 Å². The minimum absolute atomic E-state index is 0.333. The van der Waals surface area contributed by atoms with Gasteiger partial charge in [-0.2, -0.15) is 9.78 Å². The van der Waals surface area contributed by atoms with Gasteiger partial charge in [-0.3, -0.25) is 0 Å². The van der Waals surface area contributed by atoms with Gasteiger partial charge in [-0.25, -0.2) is 0 Å². The summed E-state index contributed by atoms with van der Waals surface area (Å²) in [6.07, 6.45) is 1.74. The summed E-state index contributed by atoms with van der Waals surface area (Å²) in [5.74, 6) is 2.67. The fourth-order valence-corrected chi connectivity index (χ4v) is 4.56. The molecule has 3 aromatic carbocycles. The third-order valence-corrected chi connectivity index (χ3v) is 7.20. The van der Waals surface area contributed by atoms with Gasteiger partial charge in [-0.1, -0.05) is 69.1 Å². The van der Waals surface area contributed by atoms with Gasteiger partial charge in [0.2, 0.25) is 5.16 Å². The highest BCUT2D eigenvalue weighted by Crippen LogP contribution is 2.30. The van der Waals surface area contributed by atoms with Crippen LogP contribution in [-0.4, -0.2) is 28.2 Å². The molecule has 1 heterocycles. The van der Waals surface area contributed by atoms with Gasteiger partial charge in [0.15, 0.2) is 17.3 Å². The molecule has 180 valence electrons. The summed E-state index contributed by atoms with van der Waals surface area (Å²) in [5.41, 5.74) is 2.94. The van der Waals surface area contributed by atoms with Crippen LogP contribution in [0.25, 0.3) is 0 Å². The molecule has 0 bridgehead atoms. The third-order valence-electron chi connectivity index (χ3n) is 4.94. The van der Waals surface area contributed by atoms with Gasteiger partial charge in [0.25, 0.3) is 0 Å². The molecule has 0 aliphatic rings. The summed E-state index contributed by atoms with van der Waals surface area (Å²) >= 11 is 17.1. The van der Waals surface area contributed by atoms with Crippen LogP contribution in [0.4, 0.5) is 0 Å². The second kappa shape index (κ2) is 11.9. The average Bonchev–Trinajstić information content (AvgIpc) is 3.22. The lowest BCUT2D eigenvalue weighted by molar-refractivity contribution is 0.284. The minimum atomic E-state index is 0.333. The zero-order valence-corrected chi connectivity index (χ0v) is 22.8. The van der Waals surface area contributed by atoms with E-state index in [1.807, 2.05) is 43.3 Å². The summed E-state index contributed by atoms with van der Waals surface area (Å²) in [5, 5.41) is 14.8. The zero-order chi connectivity index (χ0) is 24.8. The Bertz CT molecular complexity index is 1350. The standard InChI is InChI=1S/C25H21BrCl2N4O2S/c1-16-30-31-25(35-15-17-3-7-20(26)8-4-17)32(16)29-13-18-6-10-23(24(12-18)33-2)34-14-19-5-9-21(27)22(28)11-19/h3-13H,14-15H2,1-2H3/b29-13+. The number of aromatic nitrogens is 3. The molecule has 1 aromatic heterocycles. The van der Waals surface area contributed by atoms with E-state index in [-0.39, 0.29) is 0 Å². The summed E-state index contributed by atoms with van der Waals surface area (Å²) in [7, 11) is 1.60. The predicted octanol–water partition coefficient (Wildman–Crippen LogP) is 7.42. The monoisotopic (exact) mass is 590 g/mol. The van der Waals surface area contributed by atoms with Crippen molar-refractivity contribution in [1.29, 1.82) is 0 Å². The van der Waals surface area contributed by atoms with Crippen LogP contribution in [-0.2, 0) is 12.4 Å². The lowest BCUT2D eigenvalue weighted by Crippen LogP contribution is -1.99. The number of nitrogens with zero attached hydrogens (tertiary/aromatic N) is 4. The number of aryl methyl sites for hydroxylation is 1. The van der Waals surface area contributed by atoms with Crippen LogP contribution >= 0.6 is 50.9 Å². The molecule has 0 aliphatic carbocycles. The molecule has 0 unspecified atom stereocenters. The molecule has 0 saturated heterocycles. The fourth-order valence-electron chi connectivity index (χ4n) is 3.09. The van der Waals surface area contributed by atoms with Crippen LogP contribution in [0.15, 0.2) is 75.4 Å². The number of halogens is 3. The van der Waals surface area contributed by atoms with E-state index in [1.165, 1.54) is 5.56 Å². The number of thioether (sulfide) groups is 1. The van der Waals surface area contributed by atoms with E-state index in [9.17, 15) is 0 Å². The summed E-state index contributed by atoms with van der Waals surface area (Å²) < 4.78 is 14.2. The van der Waals surface area contributed by atoms with Crippen LogP contribution < -0.4 is 9.47 Å². The molecule has 10 heteroatoms. The number of rotatable bonds is 9. The van der Waals surface area contributed by atoms with E-state index >= 15 is 0 Å². The molecule has 0 atom stereocenters. The van der Waals surface area contributed by atoms with Gasteiger partial charge in [0.1, 0.15) is 6.61 Å². The molecule has 4 aromatic rings. The first-order valence-corrected chi connectivity index (χ1v) is 13.0. The van der Waals surface area contributed by atoms with Crippen molar-refractivity contribution in [3.8, 4) is 11.5 Å². The molecule has 0 aliphatic heterocycles. The van der Waals surface area contributed by atoms with Gasteiger partial charge < -0.3 is 9.47 Å². The smallest absolute Gasteiger partial charge is 0.212 e. The van der Waals surface area contributed by atoms with E-state index < -0.39 is 0 Å². The number of benzene rings is 3. The maximum absolute atomic E-state index is 6.09. The van der Waals surface area contributed by atoms with Crippen LogP contribution in [0.2, 0.25) is 10.0 Å². The molecule has 6 nitrogen and oxygen atoms in total. The molecule has 0 saturated carbocycles. The highest BCUT2D eigenvalue weighted by atomic mass is 79.9. The van der Waals surface area contributed by atoms with Crippen LogP contribution in [0.3, 0.4) is 0 Å². The molecular formula is C25H21BrCl2N4O2S. The molecule has 0 amide bonds. The average molecular weight is 592 g/mol. The lowest BCUT2D eigenvalue weighted by Gasteiger charge is -2.12. The van der Waals surface area contributed by atoms with Crippen molar-refractivity contribution >= 4 is 57.1 Å². The fraction of sp³-hybridized carbons (Fsp3) is 0.160. The van der Waals surface area contributed by atoms with Gasteiger partial charge in [-0.15, -0.1) is 10.2 Å². The first-order chi connectivity index (χ1) is 16.9. The quantitative estimate of drug-likeness (QED) is 0.150. The number of methoxy groups -OCH3 is 1. The van der Waals surface area contributed by atoms with Crippen molar-refractivity contribution in [2.45, 2.75) is 24.4 Å². The molecular weight excluding hydrogens is 571 g/mol. The Balaban J connectivity index is 1.44. The normalized spacial score (nSPS) is 11.2.